The SMILES string of the molecule is COc1cc(C2C3=C(CC(C)(C)CC3=O)N(c3ccc(C)cc3)C3=C2C(=O)c2ccccc23)cc(OC)c1OC. The van der Waals surface area contributed by atoms with E-state index in [1.165, 1.54) is 0 Å². The van der Waals surface area contributed by atoms with Gasteiger partial charge in [-0.25, -0.2) is 0 Å². The van der Waals surface area contributed by atoms with Crippen LogP contribution in [0.3, 0.4) is 0 Å². The van der Waals surface area contributed by atoms with E-state index in [-0.39, 0.29) is 17.0 Å². The number of hydrogen-bond acceptors (Lipinski definition) is 6. The van der Waals surface area contributed by atoms with E-state index in [1.807, 2.05) is 36.4 Å². The Morgan fingerprint density at radius 2 is 1.43 bits per heavy atom. The van der Waals surface area contributed by atoms with Crippen LogP contribution in [0.1, 0.15) is 59.7 Å². The molecule has 0 saturated carbocycles. The van der Waals surface area contributed by atoms with Crippen molar-refractivity contribution in [1.82, 2.24) is 0 Å². The molecule has 2 aliphatic carbocycles. The van der Waals surface area contributed by atoms with Gasteiger partial charge < -0.3 is 19.1 Å². The van der Waals surface area contributed by atoms with Gasteiger partial charge in [-0.2, -0.15) is 0 Å². The van der Waals surface area contributed by atoms with E-state index in [9.17, 15) is 9.59 Å². The molecule has 3 aliphatic rings. The van der Waals surface area contributed by atoms with Gasteiger partial charge in [-0.3, -0.25) is 9.59 Å². The second-order valence-electron chi connectivity index (χ2n) is 11.5. The number of fused-ring (bicyclic) bond motifs is 2. The number of hydrogen-bond donors (Lipinski definition) is 0. The Balaban J connectivity index is 1.71. The van der Waals surface area contributed by atoms with E-state index in [1.54, 1.807) is 21.3 Å². The number of rotatable bonds is 5. The lowest BCUT2D eigenvalue weighted by molar-refractivity contribution is -0.118. The number of allylic oxidation sites excluding steroid dienone is 3. The van der Waals surface area contributed by atoms with Crippen LogP contribution in [0, 0.1) is 12.3 Å². The van der Waals surface area contributed by atoms with Crippen molar-refractivity contribution < 1.29 is 23.8 Å². The topological polar surface area (TPSA) is 65.1 Å². The van der Waals surface area contributed by atoms with Crippen molar-refractivity contribution in [2.45, 2.75) is 39.5 Å². The van der Waals surface area contributed by atoms with E-state index in [0.717, 1.165) is 33.8 Å². The molecule has 0 spiro atoms. The second-order valence-corrected chi connectivity index (χ2v) is 11.5. The molecule has 3 aromatic carbocycles. The minimum Gasteiger partial charge on any atom is -0.493 e. The average molecular weight is 536 g/mol. The highest BCUT2D eigenvalue weighted by Gasteiger charge is 2.49. The van der Waals surface area contributed by atoms with Crippen molar-refractivity contribution in [2.75, 3.05) is 26.2 Å². The summed E-state index contributed by atoms with van der Waals surface area (Å²) in [5.74, 6) is 0.834. The van der Waals surface area contributed by atoms with Crippen LogP contribution in [0.15, 0.2) is 77.5 Å². The molecule has 1 aliphatic heterocycles. The summed E-state index contributed by atoms with van der Waals surface area (Å²) < 4.78 is 17.0. The Morgan fingerprint density at radius 3 is 2.02 bits per heavy atom. The van der Waals surface area contributed by atoms with Crippen molar-refractivity contribution in [3.8, 4) is 17.2 Å². The molecule has 0 saturated heterocycles. The van der Waals surface area contributed by atoms with Gasteiger partial charge in [0.1, 0.15) is 0 Å². The first-order valence-electron chi connectivity index (χ1n) is 13.5. The monoisotopic (exact) mass is 535 g/mol. The third-order valence-corrected chi connectivity index (χ3v) is 8.21. The number of nitrogens with zero attached hydrogens (tertiary/aromatic N) is 1. The van der Waals surface area contributed by atoms with Gasteiger partial charge in [-0.1, -0.05) is 55.8 Å². The maximum atomic E-state index is 14.3. The predicted octanol–water partition coefficient (Wildman–Crippen LogP) is 6.88. The highest BCUT2D eigenvalue weighted by Crippen LogP contribution is 2.57. The highest BCUT2D eigenvalue weighted by molar-refractivity contribution is 6.25. The van der Waals surface area contributed by atoms with E-state index in [0.29, 0.717) is 46.8 Å². The van der Waals surface area contributed by atoms with Crippen LogP contribution in [-0.2, 0) is 4.79 Å². The van der Waals surface area contributed by atoms with Crippen LogP contribution < -0.4 is 19.1 Å². The summed E-state index contributed by atoms with van der Waals surface area (Å²) in [5, 5.41) is 0. The first kappa shape index (κ1) is 25.9. The highest BCUT2D eigenvalue weighted by atomic mass is 16.5. The number of Topliss-reactive ketones (excluding diaryl/α,β-unsaturated/α-hetero) is 2. The third kappa shape index (κ3) is 3.85. The molecule has 0 fully saturated rings. The summed E-state index contributed by atoms with van der Waals surface area (Å²) in [6.45, 7) is 6.32. The largest absolute Gasteiger partial charge is 0.493 e. The van der Waals surface area contributed by atoms with Crippen molar-refractivity contribution in [1.29, 1.82) is 0 Å². The molecule has 0 amide bonds. The summed E-state index contributed by atoms with van der Waals surface area (Å²) in [7, 11) is 4.70. The smallest absolute Gasteiger partial charge is 0.203 e. The zero-order chi connectivity index (χ0) is 28.3. The van der Waals surface area contributed by atoms with Gasteiger partial charge in [-0.15, -0.1) is 0 Å². The molecule has 6 nitrogen and oxygen atoms in total. The number of carbonyl (C=O) groups excluding carboxylic acids is 2. The summed E-state index contributed by atoms with van der Waals surface area (Å²) in [6.07, 6.45) is 1.09. The Labute approximate surface area is 234 Å². The molecule has 6 heteroatoms. The first-order chi connectivity index (χ1) is 19.2. The minimum absolute atomic E-state index is 0.0532. The fourth-order valence-electron chi connectivity index (χ4n) is 6.48. The molecule has 0 radical (unpaired) electrons. The molecule has 40 heavy (non-hydrogen) atoms. The maximum Gasteiger partial charge on any atom is 0.203 e. The Morgan fingerprint density at radius 1 is 0.800 bits per heavy atom. The Bertz CT molecular complexity index is 1600. The Kier molecular flexibility index (Phi) is 6.10. The molecule has 0 aromatic heterocycles. The lowest BCUT2D eigenvalue weighted by Crippen LogP contribution is -2.39. The average Bonchev–Trinajstić information content (AvgIpc) is 3.23. The first-order valence-corrected chi connectivity index (χ1v) is 13.5. The summed E-state index contributed by atoms with van der Waals surface area (Å²) in [5.41, 5.74) is 7.16. The van der Waals surface area contributed by atoms with Crippen molar-refractivity contribution in [3.05, 3.63) is 99.8 Å². The standard InChI is InChI=1S/C34H33NO5/c1-19-11-13-21(14-12-19)35-24-17-34(2,3)18-25(36)29(24)28(20-15-26(38-4)33(40-6)27(16-20)39-5)30-31(35)22-9-7-8-10-23(22)32(30)37/h7-16,28H,17-18H2,1-6H3. The predicted molar refractivity (Wildman–Crippen MR) is 155 cm³/mol. The third-order valence-electron chi connectivity index (χ3n) is 8.21. The van der Waals surface area contributed by atoms with E-state index in [4.69, 9.17) is 14.2 Å². The molecule has 1 unspecified atom stereocenters. The number of benzene rings is 3. The second kappa shape index (κ2) is 9.40. The molecule has 0 bridgehead atoms. The van der Waals surface area contributed by atoms with Crippen LogP contribution in [0.25, 0.3) is 5.70 Å². The number of anilines is 1. The zero-order valence-electron chi connectivity index (χ0n) is 23.8. The molecule has 204 valence electrons. The lowest BCUT2D eigenvalue weighted by atomic mass is 9.68. The van der Waals surface area contributed by atoms with Crippen molar-refractivity contribution in [3.63, 3.8) is 0 Å². The van der Waals surface area contributed by atoms with Crippen molar-refractivity contribution in [2.24, 2.45) is 5.41 Å². The van der Waals surface area contributed by atoms with Gasteiger partial charge in [0, 0.05) is 46.0 Å². The van der Waals surface area contributed by atoms with E-state index in [2.05, 4.69) is 49.9 Å². The molecule has 6 rings (SSSR count). The molecule has 0 N–H and O–H groups in total. The van der Waals surface area contributed by atoms with Crippen LogP contribution in [0.2, 0.25) is 0 Å². The molecule has 3 aromatic rings. The number of ketones is 2. The molecule has 1 atom stereocenters. The van der Waals surface area contributed by atoms with Crippen LogP contribution in [0.5, 0.6) is 17.2 Å². The van der Waals surface area contributed by atoms with Crippen LogP contribution in [0.4, 0.5) is 5.69 Å². The fourth-order valence-corrected chi connectivity index (χ4v) is 6.48. The molecular weight excluding hydrogens is 502 g/mol. The molecular formula is C34H33NO5. The van der Waals surface area contributed by atoms with Crippen LogP contribution >= 0.6 is 0 Å². The van der Waals surface area contributed by atoms with Gasteiger partial charge in [-0.05, 0) is 48.6 Å². The van der Waals surface area contributed by atoms with Gasteiger partial charge in [0.25, 0.3) is 0 Å². The summed E-state index contributed by atoms with van der Waals surface area (Å²) in [4.78, 5) is 30.6. The van der Waals surface area contributed by atoms with Crippen LogP contribution in [-0.4, -0.2) is 32.9 Å². The number of methoxy groups -OCH3 is 3. The van der Waals surface area contributed by atoms with E-state index >= 15 is 0 Å². The van der Waals surface area contributed by atoms with Gasteiger partial charge >= 0.3 is 0 Å². The maximum absolute atomic E-state index is 14.3. The summed E-state index contributed by atoms with van der Waals surface area (Å²) in [6, 6.07) is 19.7. The normalized spacial score (nSPS) is 19.4. The minimum atomic E-state index is -0.580. The van der Waals surface area contributed by atoms with E-state index < -0.39 is 5.92 Å². The lowest BCUT2D eigenvalue weighted by Gasteiger charge is -2.44. The number of ether oxygens (including phenoxy) is 3. The zero-order valence-corrected chi connectivity index (χ0v) is 23.8. The van der Waals surface area contributed by atoms with Gasteiger partial charge in [0.15, 0.2) is 23.1 Å². The fraction of sp³-hybridized carbons (Fsp3) is 0.294. The molecule has 1 heterocycles. The van der Waals surface area contributed by atoms with Gasteiger partial charge in [0.05, 0.1) is 27.0 Å². The quantitative estimate of drug-likeness (QED) is 0.355. The van der Waals surface area contributed by atoms with Crippen molar-refractivity contribution >= 4 is 23.0 Å². The number of aryl methyl sites for hydroxylation is 1. The van der Waals surface area contributed by atoms with Gasteiger partial charge in [0.2, 0.25) is 5.75 Å². The number of carbonyl (C=O) groups is 2. The summed E-state index contributed by atoms with van der Waals surface area (Å²) >= 11 is 0. The Hall–Kier alpha value is -4.32.